The lowest BCUT2D eigenvalue weighted by atomic mass is 10.4. The molecule has 0 aromatic carbocycles. The van der Waals surface area contributed by atoms with Crippen molar-refractivity contribution in [3.05, 3.63) is 45.1 Å². The van der Waals surface area contributed by atoms with Gasteiger partial charge in [0.2, 0.25) is 10.0 Å². The fourth-order valence-corrected chi connectivity index (χ4v) is 5.26. The summed E-state index contributed by atoms with van der Waals surface area (Å²) in [5.41, 5.74) is 0.524. The predicted octanol–water partition coefficient (Wildman–Crippen LogP) is 2.06. The first-order valence-electron chi connectivity index (χ1n) is 7.02. The van der Waals surface area contributed by atoms with Crippen LogP contribution < -0.4 is 10.3 Å². The van der Waals surface area contributed by atoms with Crippen LogP contribution in [0.15, 0.2) is 38.9 Å². The number of hydrogen-bond acceptors (Lipinski definition) is 6. The van der Waals surface area contributed by atoms with E-state index in [9.17, 15) is 13.2 Å². The number of nitrogens with one attached hydrogen (secondary N) is 1. The minimum atomic E-state index is -3.53. The normalized spacial score (nSPS) is 12.0. The van der Waals surface area contributed by atoms with E-state index in [4.69, 9.17) is 0 Å². The predicted molar refractivity (Wildman–Crippen MR) is 92.8 cm³/mol. The van der Waals surface area contributed by atoms with Gasteiger partial charge in [-0.15, -0.1) is 22.7 Å². The number of sulfonamides is 1. The SMILES string of the molecule is CCc1ccc(S(=O)(=O)NCCn2cnc3ccsc3c2=O)s1. The Hall–Kier alpha value is -1.55. The highest BCUT2D eigenvalue weighted by Crippen LogP contribution is 2.21. The minimum Gasteiger partial charge on any atom is -0.297 e. The number of fused-ring (bicyclic) bond motifs is 1. The molecule has 1 N–H and O–H groups in total. The van der Waals surface area contributed by atoms with Gasteiger partial charge in [0.1, 0.15) is 8.91 Å². The molecule has 0 atom stereocenters. The van der Waals surface area contributed by atoms with E-state index in [1.807, 2.05) is 18.4 Å². The number of aryl methyl sites for hydroxylation is 1. The summed E-state index contributed by atoms with van der Waals surface area (Å²) in [5.74, 6) is 0. The van der Waals surface area contributed by atoms with E-state index in [0.29, 0.717) is 14.4 Å². The molecule has 3 aromatic rings. The van der Waals surface area contributed by atoms with Crippen LogP contribution in [0.25, 0.3) is 10.2 Å². The highest BCUT2D eigenvalue weighted by molar-refractivity contribution is 7.91. The zero-order valence-corrected chi connectivity index (χ0v) is 14.8. The van der Waals surface area contributed by atoms with Crippen molar-refractivity contribution in [3.8, 4) is 0 Å². The Bertz CT molecular complexity index is 985. The van der Waals surface area contributed by atoms with Gasteiger partial charge in [0.05, 0.1) is 11.8 Å². The molecule has 0 spiro atoms. The van der Waals surface area contributed by atoms with Crippen molar-refractivity contribution in [2.45, 2.75) is 24.1 Å². The molecule has 0 aliphatic heterocycles. The monoisotopic (exact) mass is 369 g/mol. The van der Waals surface area contributed by atoms with Gasteiger partial charge in [-0.3, -0.25) is 9.36 Å². The van der Waals surface area contributed by atoms with Crippen molar-refractivity contribution in [1.82, 2.24) is 14.3 Å². The molecule has 23 heavy (non-hydrogen) atoms. The van der Waals surface area contributed by atoms with Gasteiger partial charge in [0, 0.05) is 18.0 Å². The molecule has 3 aromatic heterocycles. The van der Waals surface area contributed by atoms with E-state index in [1.54, 1.807) is 12.1 Å². The maximum Gasteiger partial charge on any atom is 0.271 e. The fraction of sp³-hybridized carbons (Fsp3) is 0.286. The Kier molecular flexibility index (Phi) is 4.62. The second-order valence-electron chi connectivity index (χ2n) is 4.85. The molecule has 3 rings (SSSR count). The van der Waals surface area contributed by atoms with Crippen LogP contribution in [0.4, 0.5) is 0 Å². The summed E-state index contributed by atoms with van der Waals surface area (Å²) in [6.45, 7) is 2.36. The van der Waals surface area contributed by atoms with Gasteiger partial charge in [-0.1, -0.05) is 6.92 Å². The summed E-state index contributed by atoms with van der Waals surface area (Å²) in [6.07, 6.45) is 2.26. The van der Waals surface area contributed by atoms with Crippen LogP contribution >= 0.6 is 22.7 Å². The lowest BCUT2D eigenvalue weighted by Crippen LogP contribution is -2.30. The Morgan fingerprint density at radius 1 is 1.30 bits per heavy atom. The lowest BCUT2D eigenvalue weighted by molar-refractivity contribution is 0.571. The number of thiophene rings is 2. The maximum atomic E-state index is 12.2. The average Bonchev–Trinajstić information content (AvgIpc) is 3.18. The van der Waals surface area contributed by atoms with Crippen LogP contribution in [0, 0.1) is 0 Å². The van der Waals surface area contributed by atoms with Crippen LogP contribution in [-0.4, -0.2) is 24.5 Å². The largest absolute Gasteiger partial charge is 0.297 e. The fourth-order valence-electron chi connectivity index (χ4n) is 2.10. The molecular formula is C14H15N3O3S3. The molecule has 9 heteroatoms. The summed E-state index contributed by atoms with van der Waals surface area (Å²) in [4.78, 5) is 17.4. The van der Waals surface area contributed by atoms with E-state index >= 15 is 0 Å². The minimum absolute atomic E-state index is 0.139. The van der Waals surface area contributed by atoms with E-state index in [2.05, 4.69) is 9.71 Å². The zero-order valence-electron chi connectivity index (χ0n) is 12.4. The molecule has 3 heterocycles. The van der Waals surface area contributed by atoms with Gasteiger partial charge in [0.25, 0.3) is 5.56 Å². The third-order valence-corrected chi connectivity index (χ3v) is 7.40. The quantitative estimate of drug-likeness (QED) is 0.721. The molecule has 6 nitrogen and oxygen atoms in total. The van der Waals surface area contributed by atoms with Gasteiger partial charge >= 0.3 is 0 Å². The van der Waals surface area contributed by atoms with Gasteiger partial charge < -0.3 is 0 Å². The first-order chi connectivity index (χ1) is 11.0. The molecule has 0 saturated carbocycles. The Morgan fingerprint density at radius 2 is 2.13 bits per heavy atom. The third kappa shape index (κ3) is 3.37. The lowest BCUT2D eigenvalue weighted by Gasteiger charge is -2.07. The van der Waals surface area contributed by atoms with E-state index in [1.165, 1.54) is 33.6 Å². The molecule has 0 amide bonds. The van der Waals surface area contributed by atoms with Crippen molar-refractivity contribution in [2.24, 2.45) is 0 Å². The molecule has 0 aliphatic carbocycles. The van der Waals surface area contributed by atoms with Crippen LogP contribution in [0.3, 0.4) is 0 Å². The van der Waals surface area contributed by atoms with Crippen molar-refractivity contribution in [3.63, 3.8) is 0 Å². The summed E-state index contributed by atoms with van der Waals surface area (Å²) >= 11 is 2.60. The van der Waals surface area contributed by atoms with Crippen molar-refractivity contribution >= 4 is 42.9 Å². The van der Waals surface area contributed by atoms with Crippen LogP contribution in [0.1, 0.15) is 11.8 Å². The third-order valence-electron chi connectivity index (χ3n) is 3.33. The molecular weight excluding hydrogens is 354 g/mol. The molecule has 0 saturated heterocycles. The maximum absolute atomic E-state index is 12.2. The van der Waals surface area contributed by atoms with Crippen LogP contribution in [0.5, 0.6) is 0 Å². The first-order valence-corrected chi connectivity index (χ1v) is 10.2. The van der Waals surface area contributed by atoms with Crippen molar-refractivity contribution < 1.29 is 8.42 Å². The van der Waals surface area contributed by atoms with Gasteiger partial charge in [-0.2, -0.15) is 0 Å². The highest BCUT2D eigenvalue weighted by atomic mass is 32.2. The molecule has 0 bridgehead atoms. The second kappa shape index (κ2) is 6.52. The Morgan fingerprint density at radius 3 is 2.87 bits per heavy atom. The Balaban J connectivity index is 1.70. The summed E-state index contributed by atoms with van der Waals surface area (Å²) in [6, 6.07) is 5.21. The number of aromatic nitrogens is 2. The summed E-state index contributed by atoms with van der Waals surface area (Å²) in [5, 5.41) is 1.81. The summed E-state index contributed by atoms with van der Waals surface area (Å²) in [7, 11) is -3.53. The number of rotatable bonds is 6. The zero-order chi connectivity index (χ0) is 16.4. The smallest absolute Gasteiger partial charge is 0.271 e. The Labute approximate surface area is 141 Å². The number of nitrogens with zero attached hydrogens (tertiary/aromatic N) is 2. The van der Waals surface area contributed by atoms with E-state index in [0.717, 1.165) is 11.3 Å². The average molecular weight is 369 g/mol. The van der Waals surface area contributed by atoms with Crippen molar-refractivity contribution in [1.29, 1.82) is 0 Å². The topological polar surface area (TPSA) is 81.1 Å². The standard InChI is InChI=1S/C14H15N3O3S3/c1-2-10-3-4-12(22-10)23(19,20)16-6-7-17-9-15-11-5-8-21-13(11)14(17)18/h3-5,8-9,16H,2,6-7H2,1H3. The second-order valence-corrected chi connectivity index (χ2v) is 8.93. The molecule has 0 radical (unpaired) electrons. The molecule has 0 aliphatic rings. The molecule has 0 fully saturated rings. The highest BCUT2D eigenvalue weighted by Gasteiger charge is 2.16. The van der Waals surface area contributed by atoms with E-state index in [-0.39, 0.29) is 18.6 Å². The summed E-state index contributed by atoms with van der Waals surface area (Å²) < 4.78 is 29.2. The van der Waals surface area contributed by atoms with Crippen molar-refractivity contribution in [2.75, 3.05) is 6.54 Å². The van der Waals surface area contributed by atoms with Gasteiger partial charge in [0.15, 0.2) is 0 Å². The number of hydrogen-bond donors (Lipinski definition) is 1. The van der Waals surface area contributed by atoms with E-state index < -0.39 is 10.0 Å². The van der Waals surface area contributed by atoms with Gasteiger partial charge in [-0.25, -0.2) is 18.1 Å². The molecule has 0 unspecified atom stereocenters. The van der Waals surface area contributed by atoms with Crippen LogP contribution in [0.2, 0.25) is 0 Å². The van der Waals surface area contributed by atoms with Crippen LogP contribution in [-0.2, 0) is 23.0 Å². The van der Waals surface area contributed by atoms with Gasteiger partial charge in [-0.05, 0) is 30.0 Å². The first kappa shape index (κ1) is 16.3. The molecule has 122 valence electrons.